The lowest BCUT2D eigenvalue weighted by Gasteiger charge is -2.30. The Morgan fingerprint density at radius 1 is 1.30 bits per heavy atom. The van der Waals surface area contributed by atoms with Crippen LogP contribution >= 0.6 is 22.9 Å². The lowest BCUT2D eigenvalue weighted by molar-refractivity contribution is 0.299. The number of hydrogen-bond acceptors (Lipinski definition) is 4. The molecule has 1 heterocycles. The second-order valence-electron chi connectivity index (χ2n) is 7.40. The number of aromatic nitrogens is 1. The summed E-state index contributed by atoms with van der Waals surface area (Å²) in [6.45, 7) is 2.14. The van der Waals surface area contributed by atoms with Crippen LogP contribution in [0.4, 0.5) is 0 Å². The van der Waals surface area contributed by atoms with Crippen molar-refractivity contribution in [3.63, 3.8) is 0 Å². The van der Waals surface area contributed by atoms with E-state index in [4.69, 9.17) is 16.3 Å². The molecule has 0 spiro atoms. The van der Waals surface area contributed by atoms with E-state index in [1.807, 2.05) is 0 Å². The van der Waals surface area contributed by atoms with E-state index < -0.39 is 0 Å². The van der Waals surface area contributed by atoms with Crippen LogP contribution < -0.4 is 4.74 Å². The van der Waals surface area contributed by atoms with Crippen LogP contribution in [-0.4, -0.2) is 37.1 Å². The summed E-state index contributed by atoms with van der Waals surface area (Å²) in [6, 6.07) is 13.0. The van der Waals surface area contributed by atoms with Crippen LogP contribution in [0.25, 0.3) is 10.2 Å². The number of halogens is 1. The summed E-state index contributed by atoms with van der Waals surface area (Å²) < 4.78 is 7.37. The first-order valence-electron chi connectivity index (χ1n) is 9.53. The van der Waals surface area contributed by atoms with Crippen molar-refractivity contribution in [1.82, 2.24) is 9.88 Å². The molecule has 0 saturated heterocycles. The third kappa shape index (κ3) is 4.13. The highest BCUT2D eigenvalue weighted by molar-refractivity contribution is 7.22. The first-order chi connectivity index (χ1) is 13.1. The van der Waals surface area contributed by atoms with Crippen molar-refractivity contribution < 1.29 is 4.74 Å². The van der Waals surface area contributed by atoms with Crippen LogP contribution in [0.5, 0.6) is 5.75 Å². The van der Waals surface area contributed by atoms with Gasteiger partial charge in [0.2, 0.25) is 0 Å². The van der Waals surface area contributed by atoms with Gasteiger partial charge in [0, 0.05) is 13.1 Å². The van der Waals surface area contributed by atoms with Crippen LogP contribution in [0.3, 0.4) is 0 Å². The van der Waals surface area contributed by atoms with Gasteiger partial charge in [0.05, 0.1) is 17.3 Å². The fourth-order valence-corrected chi connectivity index (χ4v) is 5.27. The van der Waals surface area contributed by atoms with E-state index in [1.165, 1.54) is 34.2 Å². The van der Waals surface area contributed by atoms with Crippen LogP contribution in [0.1, 0.15) is 35.4 Å². The average molecular weight is 401 g/mol. The third-order valence-corrected chi connectivity index (χ3v) is 6.67. The molecule has 5 heteroatoms. The SMILES string of the molecule is COc1cccc2c1CCCC2CN(C)CCc1ccc2nc(Cl)sc2c1. The van der Waals surface area contributed by atoms with E-state index >= 15 is 0 Å². The molecule has 2 aromatic carbocycles. The molecule has 1 unspecified atom stereocenters. The lowest BCUT2D eigenvalue weighted by atomic mass is 9.82. The molecule has 1 atom stereocenters. The van der Waals surface area contributed by atoms with Crippen molar-refractivity contribution >= 4 is 33.2 Å². The summed E-state index contributed by atoms with van der Waals surface area (Å²) >= 11 is 7.58. The summed E-state index contributed by atoms with van der Waals surface area (Å²) in [5, 5.41) is 0. The minimum atomic E-state index is 0.594. The molecule has 3 nitrogen and oxygen atoms in total. The molecule has 0 saturated carbocycles. The first-order valence-corrected chi connectivity index (χ1v) is 10.7. The Bertz CT molecular complexity index is 939. The van der Waals surface area contributed by atoms with Crippen molar-refractivity contribution in [2.75, 3.05) is 27.2 Å². The topological polar surface area (TPSA) is 25.4 Å². The molecule has 4 rings (SSSR count). The Hall–Kier alpha value is -1.62. The van der Waals surface area contributed by atoms with Gasteiger partial charge >= 0.3 is 0 Å². The number of fused-ring (bicyclic) bond motifs is 2. The number of rotatable bonds is 6. The maximum atomic E-state index is 6.02. The zero-order valence-corrected chi connectivity index (χ0v) is 17.4. The fourth-order valence-electron chi connectivity index (χ4n) is 4.18. The van der Waals surface area contributed by atoms with Gasteiger partial charge < -0.3 is 9.64 Å². The molecule has 0 radical (unpaired) electrons. The standard InChI is InChI=1S/C22H25ClN2OS/c1-25(12-11-15-9-10-19-21(13-15)27-22(23)24-19)14-16-5-3-7-18-17(16)6-4-8-20(18)26-2/h4,6,8-10,13,16H,3,5,7,11-12,14H2,1-2H3. The Labute approximate surface area is 169 Å². The largest absolute Gasteiger partial charge is 0.496 e. The minimum Gasteiger partial charge on any atom is -0.496 e. The summed E-state index contributed by atoms with van der Waals surface area (Å²) in [5.74, 6) is 1.65. The molecule has 0 bridgehead atoms. The number of methoxy groups -OCH3 is 1. The maximum absolute atomic E-state index is 6.02. The smallest absolute Gasteiger partial charge is 0.184 e. The molecule has 1 aliphatic rings. The molecule has 3 aromatic rings. The Morgan fingerprint density at radius 2 is 2.19 bits per heavy atom. The monoisotopic (exact) mass is 400 g/mol. The minimum absolute atomic E-state index is 0.594. The summed E-state index contributed by atoms with van der Waals surface area (Å²) in [4.78, 5) is 6.79. The van der Waals surface area contributed by atoms with Gasteiger partial charge in [0.25, 0.3) is 0 Å². The van der Waals surface area contributed by atoms with Gasteiger partial charge in [-0.2, -0.15) is 0 Å². The fraction of sp³-hybridized carbons (Fsp3) is 0.409. The number of hydrogen-bond donors (Lipinski definition) is 0. The van der Waals surface area contributed by atoms with Crippen LogP contribution in [0.2, 0.25) is 4.47 Å². The van der Waals surface area contributed by atoms with Gasteiger partial charge in [-0.1, -0.05) is 29.8 Å². The number of likely N-dealkylation sites (N-methyl/N-ethyl adjacent to an activating group) is 1. The normalized spacial score (nSPS) is 16.7. The van der Waals surface area contributed by atoms with E-state index in [1.54, 1.807) is 18.4 Å². The maximum Gasteiger partial charge on any atom is 0.184 e. The van der Waals surface area contributed by atoms with Crippen molar-refractivity contribution in [3.8, 4) is 5.75 Å². The van der Waals surface area contributed by atoms with Crippen LogP contribution in [0.15, 0.2) is 36.4 Å². The molecule has 0 fully saturated rings. The highest BCUT2D eigenvalue weighted by atomic mass is 35.5. The van der Waals surface area contributed by atoms with Crippen LogP contribution in [-0.2, 0) is 12.8 Å². The number of thiazole rings is 1. The molecular weight excluding hydrogens is 376 g/mol. The van der Waals surface area contributed by atoms with E-state index in [-0.39, 0.29) is 0 Å². The molecule has 0 aliphatic heterocycles. The van der Waals surface area contributed by atoms with Gasteiger partial charge in [-0.3, -0.25) is 0 Å². The highest BCUT2D eigenvalue weighted by Gasteiger charge is 2.23. The van der Waals surface area contributed by atoms with E-state index in [0.29, 0.717) is 10.4 Å². The van der Waals surface area contributed by atoms with Gasteiger partial charge in [0.15, 0.2) is 4.47 Å². The zero-order valence-electron chi connectivity index (χ0n) is 15.9. The summed E-state index contributed by atoms with van der Waals surface area (Å²) in [6.07, 6.45) is 4.68. The second kappa shape index (κ2) is 8.17. The van der Waals surface area contributed by atoms with Crippen molar-refractivity contribution in [2.45, 2.75) is 31.6 Å². The first kappa shape index (κ1) is 18.7. The third-order valence-electron chi connectivity index (χ3n) is 5.55. The number of nitrogens with zero attached hydrogens (tertiary/aromatic N) is 2. The number of benzene rings is 2. The molecule has 27 heavy (non-hydrogen) atoms. The lowest BCUT2D eigenvalue weighted by Crippen LogP contribution is -2.28. The van der Waals surface area contributed by atoms with E-state index in [9.17, 15) is 0 Å². The van der Waals surface area contributed by atoms with Crippen LogP contribution in [0, 0.1) is 0 Å². The second-order valence-corrected chi connectivity index (χ2v) is 9.01. The molecule has 0 amide bonds. The quantitative estimate of drug-likeness (QED) is 0.542. The Kier molecular flexibility index (Phi) is 5.67. The molecular formula is C22H25ClN2OS. The van der Waals surface area contributed by atoms with Gasteiger partial charge in [-0.25, -0.2) is 4.98 Å². The molecule has 142 valence electrons. The predicted octanol–water partition coefficient (Wildman–Crippen LogP) is 5.55. The predicted molar refractivity (Wildman–Crippen MR) is 115 cm³/mol. The molecule has 1 aromatic heterocycles. The van der Waals surface area contributed by atoms with Gasteiger partial charge in [0.1, 0.15) is 5.75 Å². The van der Waals surface area contributed by atoms with E-state index in [0.717, 1.165) is 37.2 Å². The zero-order chi connectivity index (χ0) is 18.8. The van der Waals surface area contributed by atoms with E-state index in [2.05, 4.69) is 53.3 Å². The average Bonchev–Trinajstić information content (AvgIpc) is 3.05. The Balaban J connectivity index is 1.40. The van der Waals surface area contributed by atoms with Gasteiger partial charge in [-0.05, 0) is 73.5 Å². The van der Waals surface area contributed by atoms with Crippen molar-refractivity contribution in [3.05, 3.63) is 57.6 Å². The van der Waals surface area contributed by atoms with Crippen molar-refractivity contribution in [1.29, 1.82) is 0 Å². The van der Waals surface area contributed by atoms with Crippen molar-refractivity contribution in [2.24, 2.45) is 0 Å². The number of ether oxygens (including phenoxy) is 1. The molecule has 1 aliphatic carbocycles. The summed E-state index contributed by atoms with van der Waals surface area (Å²) in [7, 11) is 4.01. The Morgan fingerprint density at radius 3 is 3.04 bits per heavy atom. The molecule has 0 N–H and O–H groups in total. The van der Waals surface area contributed by atoms with Gasteiger partial charge in [-0.15, -0.1) is 11.3 Å². The highest BCUT2D eigenvalue weighted by Crippen LogP contribution is 2.37. The summed E-state index contributed by atoms with van der Waals surface area (Å²) in [5.41, 5.74) is 5.24.